The molecule has 0 amide bonds. The topological polar surface area (TPSA) is 81.8 Å². The van der Waals surface area contributed by atoms with Gasteiger partial charge in [-0.1, -0.05) is 0 Å². The molecule has 2 atom stereocenters. The number of methoxy groups -OCH3 is 1. The summed E-state index contributed by atoms with van der Waals surface area (Å²) in [6.07, 6.45) is 0.00115. The van der Waals surface area contributed by atoms with E-state index in [1.165, 1.54) is 13.2 Å². The largest absolute Gasteiger partial charge is 0.497 e. The van der Waals surface area contributed by atoms with Crippen LogP contribution in [0, 0.1) is 10.1 Å². The molecule has 0 aromatic heterocycles. The molecule has 6 heteroatoms. The number of rotatable bonds is 3. The van der Waals surface area contributed by atoms with E-state index in [1.807, 2.05) is 0 Å². The third-order valence-corrected chi connectivity index (χ3v) is 3.03. The minimum Gasteiger partial charge on any atom is -0.497 e. The van der Waals surface area contributed by atoms with Crippen molar-refractivity contribution in [3.05, 3.63) is 33.9 Å². The summed E-state index contributed by atoms with van der Waals surface area (Å²) in [5.41, 5.74) is 0.452. The van der Waals surface area contributed by atoms with Gasteiger partial charge in [-0.15, -0.1) is 0 Å². The van der Waals surface area contributed by atoms with Crippen LogP contribution in [0.2, 0.25) is 0 Å². The average Bonchev–Trinajstić information content (AvgIpc) is 2.38. The van der Waals surface area contributed by atoms with Crippen LogP contribution in [0.25, 0.3) is 0 Å². The second-order valence-corrected chi connectivity index (χ2v) is 4.22. The van der Waals surface area contributed by atoms with Crippen molar-refractivity contribution in [1.82, 2.24) is 0 Å². The van der Waals surface area contributed by atoms with Crippen LogP contribution in [-0.4, -0.2) is 29.9 Å². The number of aliphatic hydroxyl groups is 1. The van der Waals surface area contributed by atoms with Crippen LogP contribution in [0.3, 0.4) is 0 Å². The van der Waals surface area contributed by atoms with Gasteiger partial charge >= 0.3 is 0 Å². The quantitative estimate of drug-likeness (QED) is 0.656. The standard InChI is InChI=1S/C12H15NO5/c1-17-9-2-3-11(13(15)16)10(7-9)12-6-8(14)4-5-18-12/h2-3,7-8,12,14H,4-6H2,1H3. The van der Waals surface area contributed by atoms with Gasteiger partial charge < -0.3 is 14.6 Å². The maximum absolute atomic E-state index is 11.0. The normalized spacial score (nSPS) is 23.7. The molecule has 0 saturated carbocycles. The van der Waals surface area contributed by atoms with Crippen molar-refractivity contribution >= 4 is 5.69 Å². The van der Waals surface area contributed by atoms with E-state index >= 15 is 0 Å². The predicted molar refractivity (Wildman–Crippen MR) is 63.6 cm³/mol. The van der Waals surface area contributed by atoms with Crippen molar-refractivity contribution in [3.8, 4) is 5.75 Å². The fourth-order valence-corrected chi connectivity index (χ4v) is 2.08. The second-order valence-electron chi connectivity index (χ2n) is 4.22. The van der Waals surface area contributed by atoms with Gasteiger partial charge in [0.25, 0.3) is 5.69 Å². The summed E-state index contributed by atoms with van der Waals surface area (Å²) in [6.45, 7) is 0.403. The van der Waals surface area contributed by atoms with Gasteiger partial charge in [0.1, 0.15) is 5.75 Å². The van der Waals surface area contributed by atoms with Gasteiger partial charge in [0.15, 0.2) is 0 Å². The fraction of sp³-hybridized carbons (Fsp3) is 0.500. The maximum atomic E-state index is 11.0. The Bertz CT molecular complexity index is 448. The highest BCUT2D eigenvalue weighted by molar-refractivity contribution is 5.46. The van der Waals surface area contributed by atoms with E-state index in [2.05, 4.69) is 0 Å². The zero-order valence-electron chi connectivity index (χ0n) is 10.0. The van der Waals surface area contributed by atoms with Crippen molar-refractivity contribution in [2.45, 2.75) is 25.0 Å². The number of ether oxygens (including phenoxy) is 2. The molecule has 1 aliphatic rings. The van der Waals surface area contributed by atoms with Gasteiger partial charge in [0.05, 0.1) is 29.8 Å². The first kappa shape index (κ1) is 12.8. The van der Waals surface area contributed by atoms with Crippen LogP contribution >= 0.6 is 0 Å². The highest BCUT2D eigenvalue weighted by Crippen LogP contribution is 2.36. The summed E-state index contributed by atoms with van der Waals surface area (Å²) in [5.74, 6) is 0.541. The number of hydrogen-bond acceptors (Lipinski definition) is 5. The Morgan fingerprint density at radius 2 is 2.33 bits per heavy atom. The summed E-state index contributed by atoms with van der Waals surface area (Å²) in [4.78, 5) is 10.5. The van der Waals surface area contributed by atoms with Crippen LogP contribution in [0.5, 0.6) is 5.75 Å². The van der Waals surface area contributed by atoms with Gasteiger partial charge in [0.2, 0.25) is 0 Å². The molecule has 1 N–H and O–H groups in total. The lowest BCUT2D eigenvalue weighted by Gasteiger charge is -2.26. The van der Waals surface area contributed by atoms with E-state index in [-0.39, 0.29) is 5.69 Å². The number of hydrogen-bond donors (Lipinski definition) is 1. The number of nitro benzene ring substituents is 1. The summed E-state index contributed by atoms with van der Waals surface area (Å²) < 4.78 is 10.6. The van der Waals surface area contributed by atoms with Crippen molar-refractivity contribution in [2.75, 3.05) is 13.7 Å². The third kappa shape index (κ3) is 2.60. The van der Waals surface area contributed by atoms with Crippen molar-refractivity contribution in [1.29, 1.82) is 0 Å². The van der Waals surface area contributed by atoms with Gasteiger partial charge in [-0.3, -0.25) is 10.1 Å². The Hall–Kier alpha value is -1.66. The smallest absolute Gasteiger partial charge is 0.275 e. The molecule has 1 fully saturated rings. The molecule has 0 bridgehead atoms. The molecule has 98 valence electrons. The number of nitro groups is 1. The molecule has 2 unspecified atom stereocenters. The molecule has 1 aromatic rings. The molecule has 0 aliphatic carbocycles. The molecule has 1 aliphatic heterocycles. The zero-order valence-corrected chi connectivity index (χ0v) is 10.0. The van der Waals surface area contributed by atoms with Crippen LogP contribution < -0.4 is 4.74 Å². The molecule has 2 rings (SSSR count). The van der Waals surface area contributed by atoms with Gasteiger partial charge in [-0.25, -0.2) is 0 Å². The van der Waals surface area contributed by atoms with Gasteiger partial charge in [-0.2, -0.15) is 0 Å². The SMILES string of the molecule is COc1ccc([N+](=O)[O-])c(C2CC(O)CCO2)c1. The molecule has 1 saturated heterocycles. The minimum absolute atomic E-state index is 0.00472. The highest BCUT2D eigenvalue weighted by atomic mass is 16.6. The fourth-order valence-electron chi connectivity index (χ4n) is 2.08. The molecule has 1 aromatic carbocycles. The van der Waals surface area contributed by atoms with Crippen molar-refractivity contribution in [2.24, 2.45) is 0 Å². The zero-order chi connectivity index (χ0) is 13.1. The van der Waals surface area contributed by atoms with Gasteiger partial charge in [-0.05, 0) is 18.6 Å². The third-order valence-electron chi connectivity index (χ3n) is 3.03. The minimum atomic E-state index is -0.477. The summed E-state index contributed by atoms with van der Waals surface area (Å²) in [6, 6.07) is 4.54. The van der Waals surface area contributed by atoms with E-state index < -0.39 is 17.1 Å². The first-order chi connectivity index (χ1) is 8.61. The van der Waals surface area contributed by atoms with E-state index in [4.69, 9.17) is 9.47 Å². The Morgan fingerprint density at radius 3 is 2.94 bits per heavy atom. The highest BCUT2D eigenvalue weighted by Gasteiger charge is 2.28. The first-order valence-corrected chi connectivity index (χ1v) is 5.74. The van der Waals surface area contributed by atoms with Crippen molar-refractivity contribution in [3.63, 3.8) is 0 Å². The van der Waals surface area contributed by atoms with Crippen LogP contribution in [0.4, 0.5) is 5.69 Å². The molecule has 1 heterocycles. The molecule has 0 spiro atoms. The van der Waals surface area contributed by atoms with Crippen LogP contribution in [-0.2, 0) is 4.74 Å². The molecular weight excluding hydrogens is 238 g/mol. The van der Waals surface area contributed by atoms with Crippen molar-refractivity contribution < 1.29 is 19.5 Å². The lowest BCUT2D eigenvalue weighted by Crippen LogP contribution is -2.23. The Morgan fingerprint density at radius 1 is 1.56 bits per heavy atom. The Kier molecular flexibility index (Phi) is 3.78. The predicted octanol–water partition coefficient (Wildman–Crippen LogP) is 1.82. The molecule has 0 radical (unpaired) electrons. The monoisotopic (exact) mass is 253 g/mol. The summed E-state index contributed by atoms with van der Waals surface area (Å²) in [7, 11) is 1.50. The average molecular weight is 253 g/mol. The molecular formula is C12H15NO5. The van der Waals surface area contributed by atoms with E-state index in [0.29, 0.717) is 30.8 Å². The second kappa shape index (κ2) is 5.32. The number of nitrogens with zero attached hydrogens (tertiary/aromatic N) is 1. The van der Waals surface area contributed by atoms with Gasteiger partial charge in [0, 0.05) is 19.1 Å². The summed E-state index contributed by atoms with van der Waals surface area (Å²) in [5, 5.41) is 20.6. The number of benzene rings is 1. The van der Waals surface area contributed by atoms with Crippen LogP contribution in [0.15, 0.2) is 18.2 Å². The number of aliphatic hydroxyl groups excluding tert-OH is 1. The van der Waals surface area contributed by atoms with Crippen LogP contribution in [0.1, 0.15) is 24.5 Å². The van der Waals surface area contributed by atoms with E-state index in [1.54, 1.807) is 12.1 Å². The first-order valence-electron chi connectivity index (χ1n) is 5.74. The Labute approximate surface area is 104 Å². The lowest BCUT2D eigenvalue weighted by molar-refractivity contribution is -0.386. The Balaban J connectivity index is 2.36. The lowest BCUT2D eigenvalue weighted by atomic mass is 9.98. The molecule has 6 nitrogen and oxygen atoms in total. The van der Waals surface area contributed by atoms with E-state index in [9.17, 15) is 15.2 Å². The molecule has 18 heavy (non-hydrogen) atoms. The summed E-state index contributed by atoms with van der Waals surface area (Å²) >= 11 is 0. The van der Waals surface area contributed by atoms with E-state index in [0.717, 1.165) is 0 Å². The maximum Gasteiger partial charge on any atom is 0.275 e.